The first-order valence-electron chi connectivity index (χ1n) is 9.15. The first-order valence-corrected chi connectivity index (χ1v) is 10.6. The number of likely N-dealkylation sites (N-methyl/N-ethyl adjacent to an activating group) is 1. The third-order valence-electron chi connectivity index (χ3n) is 4.79. The summed E-state index contributed by atoms with van der Waals surface area (Å²) in [6, 6.07) is 5.92. The fourth-order valence-corrected chi connectivity index (χ4v) is 4.49. The summed E-state index contributed by atoms with van der Waals surface area (Å²) in [6.07, 6.45) is 0. The molecule has 0 radical (unpaired) electrons. The summed E-state index contributed by atoms with van der Waals surface area (Å²) in [5.74, 6) is -0.188. The molecule has 0 aliphatic carbocycles. The molecule has 1 saturated heterocycles. The molecule has 0 bridgehead atoms. The molecule has 0 spiro atoms. The second kappa shape index (κ2) is 9.29. The lowest BCUT2D eigenvalue weighted by atomic mass is 10.2. The molecule has 1 aliphatic rings. The van der Waals surface area contributed by atoms with Gasteiger partial charge < -0.3 is 10.2 Å². The maximum absolute atomic E-state index is 12.8. The highest BCUT2D eigenvalue weighted by atomic mass is 32.2. The Morgan fingerprint density at radius 2 is 1.59 bits per heavy atom. The van der Waals surface area contributed by atoms with Gasteiger partial charge in [-0.2, -0.15) is 4.31 Å². The molecule has 1 aliphatic heterocycles. The van der Waals surface area contributed by atoms with Crippen LogP contribution in [0.3, 0.4) is 0 Å². The maximum atomic E-state index is 12.8. The molecule has 0 aromatic heterocycles. The second-order valence-electron chi connectivity index (χ2n) is 6.35. The van der Waals surface area contributed by atoms with Gasteiger partial charge in [-0.15, -0.1) is 0 Å². The number of piperazine rings is 1. The highest BCUT2D eigenvalue weighted by Gasteiger charge is 2.29. The van der Waals surface area contributed by atoms with E-state index in [2.05, 4.69) is 5.32 Å². The van der Waals surface area contributed by atoms with Crippen molar-refractivity contribution in [2.45, 2.75) is 18.7 Å². The number of benzene rings is 1. The Morgan fingerprint density at radius 3 is 2.07 bits per heavy atom. The Bertz CT molecular complexity index is 752. The molecule has 8 nitrogen and oxygen atoms in total. The molecule has 27 heavy (non-hydrogen) atoms. The Labute approximate surface area is 161 Å². The van der Waals surface area contributed by atoms with Crippen molar-refractivity contribution in [3.63, 3.8) is 0 Å². The molecular weight excluding hydrogens is 368 g/mol. The average molecular weight is 397 g/mol. The number of amides is 2. The van der Waals surface area contributed by atoms with Crippen LogP contribution in [0.1, 0.15) is 24.2 Å². The molecule has 2 rings (SSSR count). The van der Waals surface area contributed by atoms with E-state index < -0.39 is 10.0 Å². The largest absolute Gasteiger partial charge is 0.355 e. The molecule has 0 atom stereocenters. The number of carbonyl (C=O) groups is 2. The van der Waals surface area contributed by atoms with Gasteiger partial charge in [-0.3, -0.25) is 14.5 Å². The van der Waals surface area contributed by atoms with Crippen molar-refractivity contribution in [3.05, 3.63) is 29.8 Å². The van der Waals surface area contributed by atoms with Crippen LogP contribution >= 0.6 is 0 Å². The van der Waals surface area contributed by atoms with Crippen molar-refractivity contribution in [2.24, 2.45) is 0 Å². The molecule has 1 N–H and O–H groups in total. The predicted molar refractivity (Wildman–Crippen MR) is 103 cm³/mol. The van der Waals surface area contributed by atoms with Crippen LogP contribution in [-0.4, -0.2) is 87.2 Å². The van der Waals surface area contributed by atoms with E-state index in [1.807, 2.05) is 18.7 Å². The predicted octanol–water partition coefficient (Wildman–Crippen LogP) is 0.221. The zero-order chi connectivity index (χ0) is 20.0. The zero-order valence-electron chi connectivity index (χ0n) is 16.1. The molecule has 1 fully saturated rings. The van der Waals surface area contributed by atoms with Crippen molar-refractivity contribution in [2.75, 3.05) is 52.9 Å². The van der Waals surface area contributed by atoms with E-state index in [0.717, 1.165) is 0 Å². The Kier molecular flexibility index (Phi) is 7.34. The number of rotatable bonds is 7. The Balaban J connectivity index is 1.98. The summed E-state index contributed by atoms with van der Waals surface area (Å²) in [5, 5.41) is 2.50. The van der Waals surface area contributed by atoms with E-state index in [9.17, 15) is 18.0 Å². The standard InChI is InChI=1S/C18H28N4O4S/c1-4-21(5-2)17(23)14-20-10-12-22(13-11-20)27(25,26)16-8-6-15(7-9-16)18(24)19-3/h6-9H,4-5,10-14H2,1-3H3,(H,19,24). The maximum Gasteiger partial charge on any atom is 0.251 e. The van der Waals surface area contributed by atoms with E-state index in [-0.39, 0.29) is 16.7 Å². The summed E-state index contributed by atoms with van der Waals surface area (Å²) in [7, 11) is -2.08. The summed E-state index contributed by atoms with van der Waals surface area (Å²) in [4.78, 5) is 27.7. The molecule has 1 aromatic carbocycles. The minimum atomic E-state index is -3.61. The summed E-state index contributed by atoms with van der Waals surface area (Å²) in [6.45, 7) is 7.27. The van der Waals surface area contributed by atoms with E-state index in [1.54, 1.807) is 4.90 Å². The minimum Gasteiger partial charge on any atom is -0.355 e. The monoisotopic (exact) mass is 396 g/mol. The van der Waals surface area contributed by atoms with E-state index in [0.29, 0.717) is 51.4 Å². The minimum absolute atomic E-state index is 0.0705. The highest BCUT2D eigenvalue weighted by molar-refractivity contribution is 7.89. The fourth-order valence-electron chi connectivity index (χ4n) is 3.07. The van der Waals surface area contributed by atoms with Gasteiger partial charge >= 0.3 is 0 Å². The summed E-state index contributed by atoms with van der Waals surface area (Å²) >= 11 is 0. The van der Waals surface area contributed by atoms with Gasteiger partial charge in [-0.25, -0.2) is 8.42 Å². The molecule has 9 heteroatoms. The van der Waals surface area contributed by atoms with E-state index in [1.165, 1.54) is 35.6 Å². The van der Waals surface area contributed by atoms with Crippen LogP contribution < -0.4 is 5.32 Å². The summed E-state index contributed by atoms with van der Waals surface area (Å²) < 4.78 is 27.0. The van der Waals surface area contributed by atoms with Crippen LogP contribution in [0.2, 0.25) is 0 Å². The lowest BCUT2D eigenvalue weighted by Crippen LogP contribution is -2.51. The lowest BCUT2D eigenvalue weighted by molar-refractivity contribution is -0.132. The van der Waals surface area contributed by atoms with Crippen LogP contribution in [0.5, 0.6) is 0 Å². The van der Waals surface area contributed by atoms with Crippen LogP contribution in [-0.2, 0) is 14.8 Å². The van der Waals surface area contributed by atoms with Crippen molar-refractivity contribution in [1.29, 1.82) is 0 Å². The average Bonchev–Trinajstić information content (AvgIpc) is 2.68. The van der Waals surface area contributed by atoms with Gasteiger partial charge in [0.15, 0.2) is 0 Å². The van der Waals surface area contributed by atoms with Gasteiger partial charge in [0.25, 0.3) is 5.91 Å². The second-order valence-corrected chi connectivity index (χ2v) is 8.29. The summed E-state index contributed by atoms with van der Waals surface area (Å²) in [5.41, 5.74) is 0.413. The van der Waals surface area contributed by atoms with E-state index >= 15 is 0 Å². The lowest BCUT2D eigenvalue weighted by Gasteiger charge is -2.34. The van der Waals surface area contributed by atoms with Gasteiger partial charge in [-0.05, 0) is 38.1 Å². The third-order valence-corrected chi connectivity index (χ3v) is 6.70. The smallest absolute Gasteiger partial charge is 0.251 e. The van der Waals surface area contributed by atoms with Gasteiger partial charge in [-0.1, -0.05) is 0 Å². The molecule has 2 amide bonds. The van der Waals surface area contributed by atoms with Crippen LogP contribution in [0, 0.1) is 0 Å². The fraction of sp³-hybridized carbons (Fsp3) is 0.556. The molecule has 1 heterocycles. The van der Waals surface area contributed by atoms with Crippen LogP contribution in [0.25, 0.3) is 0 Å². The molecular formula is C18H28N4O4S. The topological polar surface area (TPSA) is 90.0 Å². The van der Waals surface area contributed by atoms with Crippen molar-refractivity contribution in [1.82, 2.24) is 19.4 Å². The Morgan fingerprint density at radius 1 is 1.04 bits per heavy atom. The first-order chi connectivity index (χ1) is 12.8. The highest BCUT2D eigenvalue weighted by Crippen LogP contribution is 2.18. The van der Waals surface area contributed by atoms with Gasteiger partial charge in [0.05, 0.1) is 11.4 Å². The number of nitrogens with zero attached hydrogens (tertiary/aromatic N) is 3. The first kappa shape index (κ1) is 21.3. The number of nitrogens with one attached hydrogen (secondary N) is 1. The SMILES string of the molecule is CCN(CC)C(=O)CN1CCN(S(=O)(=O)c2ccc(C(=O)NC)cc2)CC1. The van der Waals surface area contributed by atoms with E-state index in [4.69, 9.17) is 0 Å². The van der Waals surface area contributed by atoms with Gasteiger partial charge in [0.2, 0.25) is 15.9 Å². The zero-order valence-corrected chi connectivity index (χ0v) is 17.0. The molecule has 0 unspecified atom stereocenters. The number of hydrogen-bond donors (Lipinski definition) is 1. The number of sulfonamides is 1. The van der Waals surface area contributed by atoms with Crippen LogP contribution in [0.4, 0.5) is 0 Å². The quantitative estimate of drug-likeness (QED) is 0.712. The molecule has 0 saturated carbocycles. The Hall–Kier alpha value is -1.97. The van der Waals surface area contributed by atoms with Crippen molar-refractivity contribution in [3.8, 4) is 0 Å². The van der Waals surface area contributed by atoms with Gasteiger partial charge in [0, 0.05) is 51.9 Å². The van der Waals surface area contributed by atoms with Crippen molar-refractivity contribution < 1.29 is 18.0 Å². The molecule has 150 valence electrons. The van der Waals surface area contributed by atoms with Crippen molar-refractivity contribution >= 4 is 21.8 Å². The number of hydrogen-bond acceptors (Lipinski definition) is 5. The normalized spacial score (nSPS) is 16.1. The van der Waals surface area contributed by atoms with Gasteiger partial charge in [0.1, 0.15) is 0 Å². The number of carbonyl (C=O) groups excluding carboxylic acids is 2. The third kappa shape index (κ3) is 5.06. The molecule has 1 aromatic rings. The van der Waals surface area contributed by atoms with Crippen LogP contribution in [0.15, 0.2) is 29.2 Å².